The molecule has 5 aromatic carbocycles. The third kappa shape index (κ3) is 12.9. The van der Waals surface area contributed by atoms with Gasteiger partial charge >= 0.3 is 5.97 Å². The van der Waals surface area contributed by atoms with Gasteiger partial charge < -0.3 is 37.9 Å². The van der Waals surface area contributed by atoms with Crippen LogP contribution in [0.2, 0.25) is 5.02 Å². The third-order valence-electron chi connectivity index (χ3n) is 10.2. The lowest BCUT2D eigenvalue weighted by molar-refractivity contribution is -0.336. The van der Waals surface area contributed by atoms with E-state index in [4.69, 9.17) is 49.5 Å². The van der Waals surface area contributed by atoms with Gasteiger partial charge in [-0.3, -0.25) is 4.79 Å². The Bertz CT molecular complexity index is 2040. The van der Waals surface area contributed by atoms with Crippen LogP contribution in [0.15, 0.2) is 150 Å². The lowest BCUT2D eigenvalue weighted by Crippen LogP contribution is -2.64. The first-order valence-electron chi connectivity index (χ1n) is 20.2. The Morgan fingerprint density at radius 1 is 0.574 bits per heavy atom. The molecular weight excluding hydrogens is 826 g/mol. The van der Waals surface area contributed by atoms with Crippen LogP contribution in [0, 0.1) is 0 Å². The van der Waals surface area contributed by atoms with Gasteiger partial charge in [-0.1, -0.05) is 145 Å². The molecule has 10 atom stereocenters. The summed E-state index contributed by atoms with van der Waals surface area (Å²) in [5.41, 5.74) is 2.30. The molecule has 322 valence electrons. The molecule has 9 nitrogen and oxygen atoms in total. The maximum Gasteiger partial charge on any atom is 0.303 e. The molecule has 2 saturated heterocycles. The van der Waals surface area contributed by atoms with E-state index in [-0.39, 0.29) is 39.6 Å². The highest BCUT2D eigenvalue weighted by Gasteiger charge is 2.54. The monoisotopic (exact) mass is 874 g/mol. The van der Waals surface area contributed by atoms with E-state index in [1.165, 1.54) is 18.7 Å². The van der Waals surface area contributed by atoms with Crippen molar-refractivity contribution in [3.63, 3.8) is 0 Å². The van der Waals surface area contributed by atoms with E-state index in [1.807, 2.05) is 121 Å². The molecule has 5 aromatic rings. The number of carbonyl (C=O) groups is 1. The number of hydrogen-bond donors (Lipinski definition) is 0. The fourth-order valence-electron chi connectivity index (χ4n) is 7.16. The van der Waals surface area contributed by atoms with Gasteiger partial charge in [-0.2, -0.15) is 0 Å². The van der Waals surface area contributed by atoms with Crippen molar-refractivity contribution in [2.24, 2.45) is 0 Å². The number of alkyl halides is 2. The second kappa shape index (κ2) is 22.8. The minimum absolute atomic E-state index is 0.00450. The number of esters is 1. The van der Waals surface area contributed by atoms with Crippen LogP contribution < -0.4 is 0 Å². The molecule has 13 heteroatoms. The topological polar surface area (TPSA) is 90.9 Å². The third-order valence-corrected chi connectivity index (χ3v) is 11.6. The van der Waals surface area contributed by atoms with Crippen LogP contribution in [0.1, 0.15) is 29.2 Å². The number of rotatable bonds is 19. The summed E-state index contributed by atoms with van der Waals surface area (Å²) < 4.78 is 84.6. The van der Waals surface area contributed by atoms with Crippen molar-refractivity contribution < 1.29 is 51.5 Å². The van der Waals surface area contributed by atoms with E-state index in [0.717, 1.165) is 27.1 Å². The molecule has 0 radical (unpaired) electrons. The minimum atomic E-state index is -2.03. The van der Waals surface area contributed by atoms with E-state index in [1.54, 1.807) is 24.3 Å². The van der Waals surface area contributed by atoms with Crippen LogP contribution in [-0.4, -0.2) is 79.9 Å². The second-order valence-electron chi connectivity index (χ2n) is 14.7. The van der Waals surface area contributed by atoms with Gasteiger partial charge in [0.1, 0.15) is 36.0 Å². The molecule has 2 aliphatic heterocycles. The Labute approximate surface area is 364 Å². The maximum atomic E-state index is 17.3. The fourth-order valence-corrected chi connectivity index (χ4v) is 8.33. The second-order valence-corrected chi connectivity index (χ2v) is 16.4. The number of thioether (sulfide) groups is 1. The van der Waals surface area contributed by atoms with Gasteiger partial charge in [0, 0.05) is 16.8 Å². The SMILES string of the molecule is CC(=O)O[C@H]1[C@H](OCc2ccccc2)[C@@H](F)[C@H](O[C@H]2[C@H](OCc3ccccc3)[C@@H](F)[C@H](Sc3ccc(Cl)cc3)O[C@@H]2COCc2ccccc2)O[C@@H]1COCc1ccccc1. The van der Waals surface area contributed by atoms with Crippen LogP contribution in [-0.2, 0) is 69.1 Å². The minimum Gasteiger partial charge on any atom is -0.457 e. The molecule has 0 unspecified atom stereocenters. The van der Waals surface area contributed by atoms with E-state index in [9.17, 15) is 4.79 Å². The largest absolute Gasteiger partial charge is 0.457 e. The molecule has 0 amide bonds. The lowest BCUT2D eigenvalue weighted by atomic mass is 9.97. The zero-order chi connectivity index (χ0) is 42.4. The molecular formula is C48H49ClF2O9S. The van der Waals surface area contributed by atoms with E-state index in [0.29, 0.717) is 5.02 Å². The Morgan fingerprint density at radius 2 is 1.02 bits per heavy atom. The van der Waals surface area contributed by atoms with Crippen molar-refractivity contribution >= 4 is 29.3 Å². The number of carbonyl (C=O) groups excluding carboxylic acids is 1. The lowest BCUT2D eigenvalue weighted by Gasteiger charge is -2.47. The van der Waals surface area contributed by atoms with Crippen molar-refractivity contribution in [1.82, 2.24) is 0 Å². The van der Waals surface area contributed by atoms with Gasteiger partial charge in [0.25, 0.3) is 0 Å². The summed E-state index contributed by atoms with van der Waals surface area (Å²) in [6.07, 6.45) is -12.6. The summed E-state index contributed by atoms with van der Waals surface area (Å²) in [7, 11) is 0. The smallest absolute Gasteiger partial charge is 0.303 e. The predicted molar refractivity (Wildman–Crippen MR) is 227 cm³/mol. The molecule has 2 aliphatic rings. The average Bonchev–Trinajstić information content (AvgIpc) is 3.28. The van der Waals surface area contributed by atoms with Gasteiger partial charge in [-0.05, 0) is 46.5 Å². The predicted octanol–water partition coefficient (Wildman–Crippen LogP) is 9.48. The molecule has 0 bridgehead atoms. The summed E-state index contributed by atoms with van der Waals surface area (Å²) >= 11 is 7.34. The molecule has 2 heterocycles. The van der Waals surface area contributed by atoms with Crippen molar-refractivity contribution in [3.8, 4) is 0 Å². The standard InChI is InChI=1S/C48H49ClF2O9S/c1-32(52)57-43-39(30-53-26-33-14-6-2-7-15-33)58-47(41(50)45(43)55-28-35-18-10-4-11-19-35)60-44-40(31-54-27-34-16-8-3-9-17-34)59-48(61-38-24-22-37(49)23-25-38)42(51)46(44)56-29-36-20-12-5-13-21-36/h2-25,39-48H,26-31H2,1H3/t39-,40-,41-,42-,43-,44-,45-,46-,47+,48+/m1/s1. The Balaban J connectivity index is 1.20. The van der Waals surface area contributed by atoms with E-state index < -0.39 is 66.7 Å². The fraction of sp³-hybridized carbons (Fsp3) is 0.354. The van der Waals surface area contributed by atoms with Gasteiger partial charge in [-0.15, -0.1) is 0 Å². The molecule has 0 aliphatic carbocycles. The van der Waals surface area contributed by atoms with Gasteiger partial charge in [0.05, 0.1) is 39.6 Å². The van der Waals surface area contributed by atoms with Crippen molar-refractivity contribution in [3.05, 3.63) is 173 Å². The van der Waals surface area contributed by atoms with Crippen molar-refractivity contribution in [2.75, 3.05) is 13.2 Å². The summed E-state index contributed by atoms with van der Waals surface area (Å²) in [5.74, 6) is -0.656. The molecule has 7 rings (SSSR count). The van der Waals surface area contributed by atoms with Gasteiger partial charge in [0.15, 0.2) is 24.7 Å². The first-order valence-corrected chi connectivity index (χ1v) is 21.4. The highest BCUT2D eigenvalue weighted by molar-refractivity contribution is 7.99. The Hall–Kier alpha value is -4.21. The van der Waals surface area contributed by atoms with E-state index >= 15 is 8.78 Å². The number of benzene rings is 5. The summed E-state index contributed by atoms with van der Waals surface area (Å²) in [4.78, 5) is 13.3. The highest BCUT2D eigenvalue weighted by atomic mass is 35.5. The molecule has 0 spiro atoms. The molecule has 0 N–H and O–H groups in total. The zero-order valence-electron chi connectivity index (χ0n) is 33.6. The summed E-state index contributed by atoms with van der Waals surface area (Å²) in [6.45, 7) is 1.51. The van der Waals surface area contributed by atoms with Crippen LogP contribution in [0.4, 0.5) is 8.78 Å². The summed E-state index contributed by atoms with van der Waals surface area (Å²) in [6, 6.07) is 44.6. The number of halogens is 3. The van der Waals surface area contributed by atoms with Crippen LogP contribution in [0.3, 0.4) is 0 Å². The maximum absolute atomic E-state index is 17.3. The Kier molecular flexibility index (Phi) is 16.7. The van der Waals surface area contributed by atoms with Gasteiger partial charge in [-0.25, -0.2) is 8.78 Å². The van der Waals surface area contributed by atoms with Crippen LogP contribution in [0.5, 0.6) is 0 Å². The first-order chi connectivity index (χ1) is 29.8. The van der Waals surface area contributed by atoms with E-state index in [2.05, 4.69) is 0 Å². The molecule has 0 aromatic heterocycles. The zero-order valence-corrected chi connectivity index (χ0v) is 35.2. The number of hydrogen-bond acceptors (Lipinski definition) is 10. The van der Waals surface area contributed by atoms with Crippen molar-refractivity contribution in [2.45, 2.75) is 98.9 Å². The van der Waals surface area contributed by atoms with Crippen molar-refractivity contribution in [1.29, 1.82) is 0 Å². The van der Waals surface area contributed by atoms with Crippen LogP contribution >= 0.6 is 23.4 Å². The number of ether oxygens (including phenoxy) is 8. The molecule has 61 heavy (non-hydrogen) atoms. The average molecular weight is 875 g/mol. The highest BCUT2D eigenvalue weighted by Crippen LogP contribution is 2.40. The Morgan fingerprint density at radius 3 is 1.49 bits per heavy atom. The normalized spacial score (nSPS) is 26.4. The molecule has 2 fully saturated rings. The molecule has 0 saturated carbocycles. The van der Waals surface area contributed by atoms with Crippen LogP contribution in [0.25, 0.3) is 0 Å². The first kappa shape index (κ1) is 44.8. The summed E-state index contributed by atoms with van der Waals surface area (Å²) in [5, 5.41) is 0.537. The quantitative estimate of drug-likeness (QED) is 0.0748. The van der Waals surface area contributed by atoms with Gasteiger partial charge in [0.2, 0.25) is 0 Å².